The van der Waals surface area contributed by atoms with E-state index in [0.29, 0.717) is 16.5 Å². The number of nitrogens with one attached hydrogen (secondary N) is 1. The van der Waals surface area contributed by atoms with E-state index in [4.69, 9.17) is 0 Å². The highest BCUT2D eigenvalue weighted by Gasteiger charge is 2.16. The van der Waals surface area contributed by atoms with Gasteiger partial charge < -0.3 is 10.4 Å². The van der Waals surface area contributed by atoms with Crippen molar-refractivity contribution in [2.75, 3.05) is 5.75 Å². The zero-order chi connectivity index (χ0) is 14.8. The van der Waals surface area contributed by atoms with Crippen LogP contribution in [0.25, 0.3) is 0 Å². The van der Waals surface area contributed by atoms with Gasteiger partial charge in [-0.15, -0.1) is 5.10 Å². The number of benzene rings is 1. The molecule has 0 aromatic heterocycles. The van der Waals surface area contributed by atoms with E-state index in [1.165, 1.54) is 18.0 Å². The Kier molecular flexibility index (Phi) is 4.13. The van der Waals surface area contributed by atoms with Crippen molar-refractivity contribution in [1.29, 1.82) is 0 Å². The van der Waals surface area contributed by atoms with Crippen LogP contribution in [0.2, 0.25) is 0 Å². The van der Waals surface area contributed by atoms with E-state index in [1.54, 1.807) is 6.07 Å². The first-order valence-corrected chi connectivity index (χ1v) is 7.22. The Morgan fingerprint density at radius 1 is 1.40 bits per heavy atom. The standard InChI is InChI=1S/C14H17N3O2S/c1-14(2,3)10-4-5-11(18)9(6-10)7-15-17-13-16-12(19)8-20-13/h4-7,18H,8H2,1-3H3,(H,16,17,19). The van der Waals surface area contributed by atoms with Crippen molar-refractivity contribution < 1.29 is 9.90 Å². The van der Waals surface area contributed by atoms with Crippen molar-refractivity contribution in [3.05, 3.63) is 29.3 Å². The Hall–Kier alpha value is -1.82. The van der Waals surface area contributed by atoms with Gasteiger partial charge in [0.05, 0.1) is 12.0 Å². The number of nitrogens with zero attached hydrogens (tertiary/aromatic N) is 2. The lowest BCUT2D eigenvalue weighted by Crippen LogP contribution is -2.19. The van der Waals surface area contributed by atoms with Crippen molar-refractivity contribution >= 4 is 29.1 Å². The maximum atomic E-state index is 11.0. The Morgan fingerprint density at radius 2 is 2.15 bits per heavy atom. The van der Waals surface area contributed by atoms with Crippen LogP contribution in [-0.4, -0.2) is 28.1 Å². The predicted molar refractivity (Wildman–Crippen MR) is 82.4 cm³/mol. The van der Waals surface area contributed by atoms with Gasteiger partial charge in [0.25, 0.3) is 0 Å². The maximum absolute atomic E-state index is 11.0. The number of carbonyl (C=O) groups is 1. The van der Waals surface area contributed by atoms with Gasteiger partial charge >= 0.3 is 0 Å². The molecule has 2 rings (SSSR count). The average Bonchev–Trinajstić information content (AvgIpc) is 2.76. The van der Waals surface area contributed by atoms with Gasteiger partial charge in [0.2, 0.25) is 5.91 Å². The summed E-state index contributed by atoms with van der Waals surface area (Å²) in [7, 11) is 0. The number of phenolic OH excluding ortho intramolecular Hbond substituents is 1. The second kappa shape index (κ2) is 5.66. The summed E-state index contributed by atoms with van der Waals surface area (Å²) in [5.41, 5.74) is 1.71. The normalized spacial score (nSPS) is 17.9. The predicted octanol–water partition coefficient (Wildman–Crippen LogP) is 2.24. The molecule has 1 aliphatic rings. The largest absolute Gasteiger partial charge is 0.507 e. The molecule has 1 aromatic rings. The third-order valence-electron chi connectivity index (χ3n) is 2.83. The Balaban J connectivity index is 2.18. The molecule has 0 radical (unpaired) electrons. The van der Waals surface area contributed by atoms with Gasteiger partial charge in [0, 0.05) is 5.56 Å². The second-order valence-electron chi connectivity index (χ2n) is 5.51. The Labute approximate surface area is 122 Å². The first kappa shape index (κ1) is 14.6. The van der Waals surface area contributed by atoms with Crippen LogP contribution in [0.1, 0.15) is 31.9 Å². The van der Waals surface area contributed by atoms with E-state index in [1.807, 2.05) is 12.1 Å². The molecular formula is C14H17N3O2S. The summed E-state index contributed by atoms with van der Waals surface area (Å²) in [5, 5.41) is 20.7. The molecule has 1 heterocycles. The van der Waals surface area contributed by atoms with Crippen LogP contribution < -0.4 is 5.32 Å². The highest BCUT2D eigenvalue weighted by molar-refractivity contribution is 8.15. The molecule has 1 amide bonds. The van der Waals surface area contributed by atoms with Crippen LogP contribution in [0.5, 0.6) is 5.75 Å². The first-order chi connectivity index (χ1) is 9.36. The van der Waals surface area contributed by atoms with E-state index >= 15 is 0 Å². The second-order valence-corrected chi connectivity index (χ2v) is 6.47. The number of aromatic hydroxyl groups is 1. The fraction of sp³-hybridized carbons (Fsp3) is 0.357. The molecule has 1 fully saturated rings. The van der Waals surface area contributed by atoms with Crippen molar-refractivity contribution in [2.45, 2.75) is 26.2 Å². The van der Waals surface area contributed by atoms with Gasteiger partial charge in [-0.25, -0.2) is 0 Å². The first-order valence-electron chi connectivity index (χ1n) is 6.23. The molecule has 1 aliphatic heterocycles. The van der Waals surface area contributed by atoms with Gasteiger partial charge in [-0.3, -0.25) is 4.79 Å². The fourth-order valence-electron chi connectivity index (χ4n) is 1.65. The molecule has 1 saturated heterocycles. The molecule has 1 aromatic carbocycles. The van der Waals surface area contributed by atoms with E-state index in [2.05, 4.69) is 36.3 Å². The quantitative estimate of drug-likeness (QED) is 0.648. The number of amides is 1. The van der Waals surface area contributed by atoms with Crippen molar-refractivity contribution in [3.63, 3.8) is 0 Å². The third-order valence-corrected chi connectivity index (χ3v) is 3.69. The van der Waals surface area contributed by atoms with Crippen LogP contribution in [-0.2, 0) is 10.2 Å². The number of carbonyl (C=O) groups excluding carboxylic acids is 1. The lowest BCUT2D eigenvalue weighted by atomic mass is 9.86. The zero-order valence-electron chi connectivity index (χ0n) is 11.7. The summed E-state index contributed by atoms with van der Waals surface area (Å²) in [6, 6.07) is 5.44. The number of phenols is 1. The Morgan fingerprint density at radius 3 is 2.75 bits per heavy atom. The number of amidine groups is 1. The number of hydrogen-bond donors (Lipinski definition) is 2. The summed E-state index contributed by atoms with van der Waals surface area (Å²) >= 11 is 1.31. The number of thioether (sulfide) groups is 1. The molecule has 0 aliphatic carbocycles. The van der Waals surface area contributed by atoms with E-state index < -0.39 is 0 Å². The van der Waals surface area contributed by atoms with Crippen molar-refractivity contribution in [1.82, 2.24) is 5.32 Å². The third kappa shape index (κ3) is 3.60. The van der Waals surface area contributed by atoms with Crippen molar-refractivity contribution in [3.8, 4) is 5.75 Å². The molecule has 106 valence electrons. The van der Waals surface area contributed by atoms with Gasteiger partial charge in [0.15, 0.2) is 5.17 Å². The maximum Gasteiger partial charge on any atom is 0.236 e. The minimum atomic E-state index is -0.0680. The van der Waals surface area contributed by atoms with Gasteiger partial charge in [-0.2, -0.15) is 5.10 Å². The van der Waals surface area contributed by atoms with E-state index in [-0.39, 0.29) is 17.1 Å². The van der Waals surface area contributed by atoms with Crippen LogP contribution >= 0.6 is 11.8 Å². The monoisotopic (exact) mass is 291 g/mol. The molecule has 6 heteroatoms. The summed E-state index contributed by atoms with van der Waals surface area (Å²) in [5.74, 6) is 0.464. The summed E-state index contributed by atoms with van der Waals surface area (Å²) < 4.78 is 0. The highest BCUT2D eigenvalue weighted by atomic mass is 32.2. The number of hydrogen-bond acceptors (Lipinski definition) is 5. The minimum Gasteiger partial charge on any atom is -0.507 e. The molecule has 0 unspecified atom stereocenters. The van der Waals surface area contributed by atoms with Gasteiger partial charge in [0.1, 0.15) is 5.75 Å². The van der Waals surface area contributed by atoms with Crippen LogP contribution in [0, 0.1) is 0 Å². The lowest BCUT2D eigenvalue weighted by Gasteiger charge is -2.19. The molecule has 0 saturated carbocycles. The van der Waals surface area contributed by atoms with Crippen LogP contribution in [0.3, 0.4) is 0 Å². The van der Waals surface area contributed by atoms with E-state index in [0.717, 1.165) is 5.56 Å². The van der Waals surface area contributed by atoms with E-state index in [9.17, 15) is 9.90 Å². The van der Waals surface area contributed by atoms with Gasteiger partial charge in [-0.1, -0.05) is 38.6 Å². The zero-order valence-corrected chi connectivity index (χ0v) is 12.5. The molecular weight excluding hydrogens is 274 g/mol. The average molecular weight is 291 g/mol. The van der Waals surface area contributed by atoms with Crippen LogP contribution in [0.4, 0.5) is 0 Å². The summed E-state index contributed by atoms with van der Waals surface area (Å²) in [6.45, 7) is 6.31. The molecule has 0 spiro atoms. The van der Waals surface area contributed by atoms with Crippen molar-refractivity contribution in [2.24, 2.45) is 10.2 Å². The topological polar surface area (TPSA) is 74.1 Å². The van der Waals surface area contributed by atoms with Gasteiger partial charge in [-0.05, 0) is 23.1 Å². The summed E-state index contributed by atoms with van der Waals surface area (Å²) in [6.07, 6.45) is 1.49. The summed E-state index contributed by atoms with van der Waals surface area (Å²) in [4.78, 5) is 11.0. The molecule has 20 heavy (non-hydrogen) atoms. The minimum absolute atomic E-state index is 0.00252. The molecule has 2 N–H and O–H groups in total. The SMILES string of the molecule is CC(C)(C)c1ccc(O)c(C=NN=C2NC(=O)CS2)c1. The van der Waals surface area contributed by atoms with Crippen LogP contribution in [0.15, 0.2) is 28.4 Å². The fourth-order valence-corrected chi connectivity index (χ4v) is 2.28. The lowest BCUT2D eigenvalue weighted by molar-refractivity contribution is -0.116. The Bertz CT molecular complexity index is 589. The number of rotatable bonds is 2. The molecule has 0 atom stereocenters. The molecule has 0 bridgehead atoms. The smallest absolute Gasteiger partial charge is 0.236 e. The molecule has 5 nitrogen and oxygen atoms in total. The highest BCUT2D eigenvalue weighted by Crippen LogP contribution is 2.26.